The molecule has 3 aromatic rings. The van der Waals surface area contributed by atoms with Gasteiger partial charge in [0.1, 0.15) is 0 Å². The Labute approximate surface area is 287 Å². The Hall–Kier alpha value is -3.68. The molecule has 11 heteroatoms. The fourth-order valence-electron chi connectivity index (χ4n) is 6.87. The number of aliphatic hydroxyl groups is 1. The second-order valence-corrected chi connectivity index (χ2v) is 13.1. The molecule has 262 valence electrons. The van der Waals surface area contributed by atoms with E-state index in [1.165, 1.54) is 0 Å². The number of likely N-dealkylation sites (tertiary alicyclic amines) is 1. The van der Waals surface area contributed by atoms with Crippen LogP contribution < -0.4 is 10.8 Å². The zero-order valence-corrected chi connectivity index (χ0v) is 27.9. The molecule has 3 unspecified atom stereocenters. The summed E-state index contributed by atoms with van der Waals surface area (Å²) in [6.07, 6.45) is 3.25. The molecule has 11 nitrogen and oxygen atoms in total. The van der Waals surface area contributed by atoms with E-state index in [-0.39, 0.29) is 31.1 Å². The maximum Gasteiger partial charge on any atom is 0.243 e. The van der Waals surface area contributed by atoms with Crippen LogP contribution in [0.1, 0.15) is 79.6 Å². The lowest BCUT2D eigenvalue weighted by Gasteiger charge is -2.41. The van der Waals surface area contributed by atoms with Gasteiger partial charge in [0.15, 0.2) is 12.1 Å². The van der Waals surface area contributed by atoms with Crippen LogP contribution >= 0.6 is 0 Å². The van der Waals surface area contributed by atoms with E-state index in [1.807, 2.05) is 60.7 Å². The van der Waals surface area contributed by atoms with Gasteiger partial charge in [-0.25, -0.2) is 5.48 Å². The zero-order valence-electron chi connectivity index (χ0n) is 27.9. The number of unbranched alkanes of at least 4 members (excludes halogenated alkanes) is 1. The first kappa shape index (κ1) is 35.2. The summed E-state index contributed by atoms with van der Waals surface area (Å²) in [5.74, 6) is -0.947. The van der Waals surface area contributed by atoms with E-state index in [2.05, 4.69) is 22.3 Å². The molecule has 3 saturated heterocycles. The summed E-state index contributed by atoms with van der Waals surface area (Å²) >= 11 is 0. The fraction of sp³-hybridized carbons (Fsp3) is 0.474. The molecule has 0 aromatic heterocycles. The van der Waals surface area contributed by atoms with E-state index in [0.717, 1.165) is 72.3 Å². The van der Waals surface area contributed by atoms with Crippen molar-refractivity contribution in [3.05, 3.63) is 95.1 Å². The number of aliphatic hydroxyl groups excluding tert-OH is 1. The van der Waals surface area contributed by atoms with E-state index >= 15 is 0 Å². The van der Waals surface area contributed by atoms with Crippen LogP contribution in [-0.2, 0) is 41.7 Å². The van der Waals surface area contributed by atoms with Crippen molar-refractivity contribution in [3.63, 3.8) is 0 Å². The Morgan fingerprint density at radius 1 is 0.837 bits per heavy atom. The number of nitrogens with zero attached hydrogens (tertiary/aromatic N) is 1. The quantitative estimate of drug-likeness (QED) is 0.113. The number of carbonyl (C=O) groups excluding carboxylic acids is 2. The molecule has 3 aliphatic rings. The average Bonchev–Trinajstić information content (AvgIpc) is 3.61. The highest BCUT2D eigenvalue weighted by Gasteiger charge is 2.41. The lowest BCUT2D eigenvalue weighted by Crippen LogP contribution is -2.48. The van der Waals surface area contributed by atoms with Gasteiger partial charge >= 0.3 is 0 Å². The number of rotatable bonds is 13. The highest BCUT2D eigenvalue weighted by Crippen LogP contribution is 2.39. The van der Waals surface area contributed by atoms with Crippen LogP contribution in [0, 0.1) is 0 Å². The summed E-state index contributed by atoms with van der Waals surface area (Å²) in [4.78, 5) is 26.1. The van der Waals surface area contributed by atoms with Gasteiger partial charge in [-0.15, -0.1) is 0 Å². The lowest BCUT2D eigenvalue weighted by atomic mass is 9.97. The molecule has 1 spiro atoms. The third-order valence-corrected chi connectivity index (χ3v) is 9.68. The topological polar surface area (TPSA) is 139 Å². The van der Waals surface area contributed by atoms with Gasteiger partial charge in [0.05, 0.1) is 32.0 Å². The van der Waals surface area contributed by atoms with E-state index in [0.29, 0.717) is 39.0 Å². The van der Waals surface area contributed by atoms with Crippen LogP contribution in [0.3, 0.4) is 0 Å². The van der Waals surface area contributed by atoms with Gasteiger partial charge in [-0.2, -0.15) is 0 Å². The van der Waals surface area contributed by atoms with Gasteiger partial charge in [0.25, 0.3) is 0 Å². The summed E-state index contributed by atoms with van der Waals surface area (Å²) in [5, 5.41) is 21.2. The molecule has 3 atom stereocenters. The van der Waals surface area contributed by atoms with E-state index in [1.54, 1.807) is 5.48 Å². The molecule has 3 heterocycles. The predicted octanol–water partition coefficient (Wildman–Crippen LogP) is 4.91. The van der Waals surface area contributed by atoms with Crippen molar-refractivity contribution in [3.8, 4) is 11.1 Å². The summed E-state index contributed by atoms with van der Waals surface area (Å²) < 4.78 is 25.1. The first-order valence-electron chi connectivity index (χ1n) is 17.3. The van der Waals surface area contributed by atoms with Crippen molar-refractivity contribution in [1.29, 1.82) is 0 Å². The maximum absolute atomic E-state index is 12.5. The maximum atomic E-state index is 12.5. The van der Waals surface area contributed by atoms with Crippen LogP contribution in [0.4, 0.5) is 0 Å². The summed E-state index contributed by atoms with van der Waals surface area (Å²) in [7, 11) is 0. The third-order valence-electron chi connectivity index (χ3n) is 9.68. The Bertz CT molecular complexity index is 1520. The number of hydrogen-bond acceptors (Lipinski definition) is 9. The van der Waals surface area contributed by atoms with E-state index in [9.17, 15) is 14.7 Å². The first-order valence-corrected chi connectivity index (χ1v) is 17.3. The molecule has 3 aromatic carbocycles. The minimum absolute atomic E-state index is 0.000710. The van der Waals surface area contributed by atoms with Gasteiger partial charge in [0.2, 0.25) is 11.8 Å². The Kier molecular flexibility index (Phi) is 12.1. The van der Waals surface area contributed by atoms with E-state index in [4.69, 9.17) is 24.2 Å². The zero-order chi connectivity index (χ0) is 34.1. The predicted molar refractivity (Wildman–Crippen MR) is 181 cm³/mol. The number of nitrogens with one attached hydrogen (secondary N) is 2. The van der Waals surface area contributed by atoms with Crippen molar-refractivity contribution in [2.24, 2.45) is 0 Å². The second kappa shape index (κ2) is 16.8. The number of hydroxylamine groups is 1. The SMILES string of the molecule is O=C(CCCCC(=O)NCc1ccccc1-c1ccc(C2OC(CN3CCC4(CC3)OCCO4)CC(c3ccc(CO)cc3)O2)cc1)NO. The van der Waals surface area contributed by atoms with Gasteiger partial charge in [-0.1, -0.05) is 72.8 Å². The molecule has 0 saturated carbocycles. The van der Waals surface area contributed by atoms with E-state index < -0.39 is 18.0 Å². The summed E-state index contributed by atoms with van der Waals surface area (Å²) in [5.41, 5.74) is 7.50. The molecule has 2 amide bonds. The number of ether oxygens (including phenoxy) is 4. The van der Waals surface area contributed by atoms with Crippen LogP contribution in [0.25, 0.3) is 11.1 Å². The van der Waals surface area contributed by atoms with Crippen molar-refractivity contribution in [2.45, 2.75) is 82.4 Å². The van der Waals surface area contributed by atoms with Gasteiger partial charge < -0.3 is 34.3 Å². The number of carbonyl (C=O) groups is 2. The smallest absolute Gasteiger partial charge is 0.243 e. The Morgan fingerprint density at radius 2 is 1.51 bits per heavy atom. The second-order valence-electron chi connectivity index (χ2n) is 13.1. The van der Waals surface area contributed by atoms with Crippen molar-refractivity contribution >= 4 is 11.8 Å². The molecule has 0 aliphatic carbocycles. The normalized spacial score (nSPS) is 22.2. The molecule has 0 bridgehead atoms. The molecule has 3 fully saturated rings. The molecule has 3 aliphatic heterocycles. The van der Waals surface area contributed by atoms with Crippen molar-refractivity contribution < 1.29 is 38.9 Å². The molecule has 49 heavy (non-hydrogen) atoms. The van der Waals surface area contributed by atoms with Crippen molar-refractivity contribution in [1.82, 2.24) is 15.7 Å². The molecule has 0 radical (unpaired) electrons. The monoisotopic (exact) mass is 673 g/mol. The first-order chi connectivity index (χ1) is 23.9. The molecule has 6 rings (SSSR count). The van der Waals surface area contributed by atoms with Gasteiger partial charge in [-0.3, -0.25) is 14.8 Å². The fourth-order valence-corrected chi connectivity index (χ4v) is 6.87. The van der Waals surface area contributed by atoms with Crippen LogP contribution in [-0.4, -0.2) is 71.8 Å². The molecule has 4 N–H and O–H groups in total. The number of benzene rings is 3. The van der Waals surface area contributed by atoms with Crippen molar-refractivity contribution in [2.75, 3.05) is 32.8 Å². The Morgan fingerprint density at radius 3 is 2.20 bits per heavy atom. The lowest BCUT2D eigenvalue weighted by molar-refractivity contribution is -0.255. The number of amides is 2. The van der Waals surface area contributed by atoms with Gasteiger partial charge in [-0.05, 0) is 40.7 Å². The van der Waals surface area contributed by atoms with Crippen LogP contribution in [0.15, 0.2) is 72.8 Å². The van der Waals surface area contributed by atoms with Crippen LogP contribution in [0.5, 0.6) is 0 Å². The number of hydrogen-bond donors (Lipinski definition) is 4. The minimum atomic E-state index is -0.550. The summed E-state index contributed by atoms with van der Waals surface area (Å²) in [6.45, 7) is 4.28. The summed E-state index contributed by atoms with van der Waals surface area (Å²) in [6, 6.07) is 24.2. The Balaban J connectivity index is 1.11. The molecular weight excluding hydrogens is 626 g/mol. The standard InChI is InChI=1S/C38H47N3O8/c42-26-27-9-11-29(12-10-27)34-23-32(25-41-19-17-38(18-20-41)46-21-22-47-38)48-37(49-34)30-15-13-28(14-16-30)33-6-2-1-5-31(33)24-39-35(43)7-3-4-8-36(44)40-45/h1-2,5-6,9-16,32,34,37,42,45H,3-4,7-8,17-26H2,(H,39,43)(H,40,44). The third kappa shape index (κ3) is 9.31. The largest absolute Gasteiger partial charge is 0.392 e. The highest BCUT2D eigenvalue weighted by atomic mass is 16.7. The molecular formula is C38H47N3O8. The highest BCUT2D eigenvalue weighted by molar-refractivity contribution is 5.77. The number of piperidine rings is 1. The minimum Gasteiger partial charge on any atom is -0.392 e. The van der Waals surface area contributed by atoms with Gasteiger partial charge in [0, 0.05) is 63.8 Å². The average molecular weight is 674 g/mol. The van der Waals surface area contributed by atoms with Crippen LogP contribution in [0.2, 0.25) is 0 Å².